The number of H-pyrrole nitrogens is 1. The lowest BCUT2D eigenvalue weighted by Crippen LogP contribution is -2.11. The van der Waals surface area contributed by atoms with Gasteiger partial charge in [0, 0.05) is 0 Å². The number of fused-ring (bicyclic) bond motifs is 1. The van der Waals surface area contributed by atoms with Crippen LogP contribution in [0.1, 0.15) is 21.7 Å². The van der Waals surface area contributed by atoms with Gasteiger partial charge in [0.05, 0.1) is 21.5 Å². The Bertz CT molecular complexity index is 945. The summed E-state index contributed by atoms with van der Waals surface area (Å²) in [4.78, 5) is 29.9. The van der Waals surface area contributed by atoms with Crippen molar-refractivity contribution in [2.75, 3.05) is 0 Å². The molecule has 110 valence electrons. The SMILES string of the molecule is O=C(O)c1ccc2c(=O)[nH]c(/C(Cl)=C/c3ccsc3)nc2c1. The standard InChI is InChI=1S/C15H9ClN2O3S/c16-11(5-8-3-4-22-7-8)13-17-12-6-9(15(20)21)1-2-10(12)14(19)18-13/h1-7H,(H,20,21)(H,17,18,19)/b11-5-. The average molecular weight is 333 g/mol. The van der Waals surface area contributed by atoms with Crippen LogP contribution in [0.5, 0.6) is 0 Å². The maximum absolute atomic E-state index is 12.1. The second-order valence-electron chi connectivity index (χ2n) is 4.50. The largest absolute Gasteiger partial charge is 0.478 e. The van der Waals surface area contributed by atoms with Crippen LogP contribution in [0.3, 0.4) is 0 Å². The summed E-state index contributed by atoms with van der Waals surface area (Å²) in [6.07, 6.45) is 1.68. The van der Waals surface area contributed by atoms with E-state index in [4.69, 9.17) is 16.7 Å². The number of halogens is 1. The van der Waals surface area contributed by atoms with E-state index in [0.717, 1.165) is 5.56 Å². The fraction of sp³-hybridized carbons (Fsp3) is 0. The molecule has 3 rings (SSSR count). The number of carbonyl (C=O) groups is 1. The lowest BCUT2D eigenvalue weighted by molar-refractivity contribution is 0.0697. The van der Waals surface area contributed by atoms with Crippen molar-refractivity contribution in [1.82, 2.24) is 9.97 Å². The summed E-state index contributed by atoms with van der Waals surface area (Å²) in [5.74, 6) is -0.877. The zero-order valence-corrected chi connectivity index (χ0v) is 12.6. The Morgan fingerprint density at radius 3 is 2.86 bits per heavy atom. The van der Waals surface area contributed by atoms with Crippen molar-refractivity contribution >= 4 is 50.9 Å². The van der Waals surface area contributed by atoms with E-state index in [9.17, 15) is 9.59 Å². The van der Waals surface area contributed by atoms with E-state index in [1.165, 1.54) is 29.5 Å². The van der Waals surface area contributed by atoms with E-state index >= 15 is 0 Å². The summed E-state index contributed by atoms with van der Waals surface area (Å²) in [5.41, 5.74) is 0.885. The normalized spacial score (nSPS) is 11.8. The van der Waals surface area contributed by atoms with E-state index in [-0.39, 0.29) is 27.5 Å². The number of carboxylic acid groups (broad SMARTS) is 1. The number of aromatic carboxylic acids is 1. The molecule has 0 radical (unpaired) electrons. The van der Waals surface area contributed by atoms with Crippen molar-refractivity contribution in [1.29, 1.82) is 0 Å². The molecule has 0 amide bonds. The quantitative estimate of drug-likeness (QED) is 0.769. The van der Waals surface area contributed by atoms with Crippen LogP contribution in [0, 0.1) is 0 Å². The van der Waals surface area contributed by atoms with Crippen molar-refractivity contribution in [3.63, 3.8) is 0 Å². The van der Waals surface area contributed by atoms with Crippen molar-refractivity contribution in [3.05, 3.63) is 62.3 Å². The molecular weight excluding hydrogens is 324 g/mol. The summed E-state index contributed by atoms with van der Waals surface area (Å²) in [6.45, 7) is 0. The van der Waals surface area contributed by atoms with Crippen LogP contribution < -0.4 is 5.56 Å². The monoisotopic (exact) mass is 332 g/mol. The summed E-state index contributed by atoms with van der Waals surface area (Å²) in [6, 6.07) is 6.04. The molecule has 1 aromatic carbocycles. The Hall–Kier alpha value is -2.44. The number of aromatic nitrogens is 2. The predicted molar refractivity (Wildman–Crippen MR) is 87.4 cm³/mol. The van der Waals surface area contributed by atoms with Crippen molar-refractivity contribution < 1.29 is 9.90 Å². The van der Waals surface area contributed by atoms with Gasteiger partial charge in [0.15, 0.2) is 5.82 Å². The van der Waals surface area contributed by atoms with Gasteiger partial charge < -0.3 is 10.1 Å². The first-order chi connectivity index (χ1) is 10.5. The third-order valence-corrected chi connectivity index (χ3v) is 4.01. The highest BCUT2D eigenvalue weighted by Gasteiger charge is 2.10. The van der Waals surface area contributed by atoms with Crippen molar-refractivity contribution in [3.8, 4) is 0 Å². The summed E-state index contributed by atoms with van der Waals surface area (Å²) >= 11 is 7.72. The van der Waals surface area contributed by atoms with Crippen LogP contribution in [0.15, 0.2) is 39.8 Å². The molecule has 0 fully saturated rings. The number of nitrogens with one attached hydrogen (secondary N) is 1. The maximum Gasteiger partial charge on any atom is 0.335 e. The molecule has 2 heterocycles. The van der Waals surface area contributed by atoms with Gasteiger partial charge in [-0.1, -0.05) is 11.6 Å². The fourth-order valence-corrected chi connectivity index (χ4v) is 2.79. The highest BCUT2D eigenvalue weighted by molar-refractivity contribution is 7.08. The van der Waals surface area contributed by atoms with E-state index < -0.39 is 5.97 Å². The first kappa shape index (κ1) is 14.5. The average Bonchev–Trinajstić information content (AvgIpc) is 2.99. The maximum atomic E-state index is 12.1. The summed E-state index contributed by atoms with van der Waals surface area (Å²) in [5, 5.41) is 13.4. The number of rotatable bonds is 3. The molecule has 22 heavy (non-hydrogen) atoms. The molecule has 3 aromatic rings. The first-order valence-electron chi connectivity index (χ1n) is 6.22. The van der Waals surface area contributed by atoms with Crippen LogP contribution in [-0.2, 0) is 0 Å². The molecule has 5 nitrogen and oxygen atoms in total. The molecule has 2 aromatic heterocycles. The lowest BCUT2D eigenvalue weighted by Gasteiger charge is -2.03. The van der Waals surface area contributed by atoms with E-state index in [1.807, 2.05) is 16.8 Å². The summed E-state index contributed by atoms with van der Waals surface area (Å²) < 4.78 is 0. The van der Waals surface area contributed by atoms with Crippen LogP contribution in [0.2, 0.25) is 0 Å². The molecule has 0 atom stereocenters. The molecule has 2 N–H and O–H groups in total. The predicted octanol–water partition coefficient (Wildman–Crippen LogP) is 3.42. The first-order valence-corrected chi connectivity index (χ1v) is 7.54. The minimum atomic E-state index is -1.08. The molecule has 0 unspecified atom stereocenters. The number of benzene rings is 1. The molecular formula is C15H9ClN2O3S. The van der Waals surface area contributed by atoms with Gasteiger partial charge in [-0.2, -0.15) is 11.3 Å². The number of aromatic amines is 1. The third kappa shape index (κ3) is 2.79. The zero-order chi connectivity index (χ0) is 15.7. The molecule has 0 saturated carbocycles. The Balaban J connectivity index is 2.15. The third-order valence-electron chi connectivity index (χ3n) is 3.02. The van der Waals surface area contributed by atoms with Gasteiger partial charge in [0.1, 0.15) is 0 Å². The summed E-state index contributed by atoms with van der Waals surface area (Å²) in [7, 11) is 0. The minimum absolute atomic E-state index is 0.0643. The van der Waals surface area contributed by atoms with Crippen LogP contribution >= 0.6 is 22.9 Å². The highest BCUT2D eigenvalue weighted by Crippen LogP contribution is 2.21. The lowest BCUT2D eigenvalue weighted by atomic mass is 10.1. The molecule has 0 spiro atoms. The highest BCUT2D eigenvalue weighted by atomic mass is 35.5. The van der Waals surface area contributed by atoms with Crippen molar-refractivity contribution in [2.24, 2.45) is 0 Å². The second kappa shape index (κ2) is 5.75. The molecule has 0 saturated heterocycles. The number of carboxylic acids is 1. The Morgan fingerprint density at radius 1 is 1.36 bits per heavy atom. The van der Waals surface area contributed by atoms with Gasteiger partial charge in [-0.15, -0.1) is 0 Å². The topological polar surface area (TPSA) is 83.0 Å². The smallest absolute Gasteiger partial charge is 0.335 e. The molecule has 0 aliphatic rings. The molecule has 0 aliphatic heterocycles. The number of hydrogen-bond donors (Lipinski definition) is 2. The van der Waals surface area contributed by atoms with Gasteiger partial charge in [-0.3, -0.25) is 4.79 Å². The van der Waals surface area contributed by atoms with Gasteiger partial charge in [-0.05, 0) is 46.7 Å². The second-order valence-corrected chi connectivity index (χ2v) is 5.69. The Morgan fingerprint density at radius 2 is 2.18 bits per heavy atom. The Labute approximate surface area is 133 Å². The number of nitrogens with zero attached hydrogens (tertiary/aromatic N) is 1. The molecule has 0 bridgehead atoms. The van der Waals surface area contributed by atoms with Crippen LogP contribution in [-0.4, -0.2) is 21.0 Å². The van der Waals surface area contributed by atoms with Gasteiger partial charge in [-0.25, -0.2) is 9.78 Å². The van der Waals surface area contributed by atoms with E-state index in [2.05, 4.69) is 9.97 Å². The molecule has 0 aliphatic carbocycles. The van der Waals surface area contributed by atoms with Crippen molar-refractivity contribution in [2.45, 2.75) is 0 Å². The molecule has 7 heteroatoms. The zero-order valence-electron chi connectivity index (χ0n) is 11.0. The minimum Gasteiger partial charge on any atom is -0.478 e. The number of hydrogen-bond acceptors (Lipinski definition) is 4. The van der Waals surface area contributed by atoms with Crippen LogP contribution in [0.4, 0.5) is 0 Å². The van der Waals surface area contributed by atoms with Gasteiger partial charge >= 0.3 is 5.97 Å². The van der Waals surface area contributed by atoms with E-state index in [1.54, 1.807) is 6.08 Å². The van der Waals surface area contributed by atoms with Crippen LogP contribution in [0.25, 0.3) is 22.0 Å². The van der Waals surface area contributed by atoms with Gasteiger partial charge in [0.25, 0.3) is 5.56 Å². The number of thiophene rings is 1. The van der Waals surface area contributed by atoms with Gasteiger partial charge in [0.2, 0.25) is 0 Å². The Kier molecular flexibility index (Phi) is 3.79. The fourth-order valence-electron chi connectivity index (χ4n) is 1.96. The van der Waals surface area contributed by atoms with E-state index in [0.29, 0.717) is 5.39 Å².